The van der Waals surface area contributed by atoms with Gasteiger partial charge >= 0.3 is 0 Å². The van der Waals surface area contributed by atoms with Crippen molar-refractivity contribution in [3.63, 3.8) is 0 Å². The van der Waals surface area contributed by atoms with Crippen LogP contribution in [0.15, 0.2) is 12.1 Å². The number of alkyl halides is 1. The first-order chi connectivity index (χ1) is 8.69. The number of rotatable bonds is 5. The molecule has 0 aliphatic heterocycles. The van der Waals surface area contributed by atoms with E-state index in [9.17, 15) is 4.79 Å². The van der Waals surface area contributed by atoms with Gasteiger partial charge in [-0.3, -0.25) is 4.79 Å². The highest BCUT2D eigenvalue weighted by Crippen LogP contribution is 2.38. The second-order valence-corrected chi connectivity index (χ2v) is 6.58. The van der Waals surface area contributed by atoms with Gasteiger partial charge in [-0.15, -0.1) is 22.9 Å². The summed E-state index contributed by atoms with van der Waals surface area (Å²) in [4.78, 5) is 14.1. The lowest BCUT2D eigenvalue weighted by molar-refractivity contribution is 0.0939. The molecule has 1 aromatic heterocycles. The molecule has 1 fully saturated rings. The Morgan fingerprint density at radius 3 is 2.72 bits per heavy atom. The van der Waals surface area contributed by atoms with Crippen molar-refractivity contribution in [1.29, 1.82) is 0 Å². The molecule has 0 spiro atoms. The molecule has 0 aromatic carbocycles. The lowest BCUT2D eigenvalue weighted by Crippen LogP contribution is -2.36. The Labute approximate surface area is 118 Å². The first-order valence-corrected chi connectivity index (χ1v) is 7.97. The maximum absolute atomic E-state index is 12.0. The third-order valence-corrected chi connectivity index (χ3v) is 5.60. The number of carbonyl (C=O) groups excluding carboxylic acids is 1. The summed E-state index contributed by atoms with van der Waals surface area (Å²) < 4.78 is 0. The summed E-state index contributed by atoms with van der Waals surface area (Å²) in [5, 5.41) is 3.06. The number of thiophene rings is 1. The molecule has 1 saturated carbocycles. The van der Waals surface area contributed by atoms with Crippen molar-refractivity contribution in [2.45, 2.75) is 39.0 Å². The highest BCUT2D eigenvalue weighted by molar-refractivity contribution is 7.14. The Balaban J connectivity index is 1.91. The molecule has 0 unspecified atom stereocenters. The van der Waals surface area contributed by atoms with Crippen LogP contribution in [0, 0.1) is 5.41 Å². The van der Waals surface area contributed by atoms with Crippen LogP contribution in [0.4, 0.5) is 0 Å². The summed E-state index contributed by atoms with van der Waals surface area (Å²) in [6.07, 6.45) is 5.75. The molecule has 2 nitrogen and oxygen atoms in total. The van der Waals surface area contributed by atoms with Crippen molar-refractivity contribution in [2.24, 2.45) is 5.41 Å². The van der Waals surface area contributed by atoms with Crippen molar-refractivity contribution in [3.05, 3.63) is 21.9 Å². The first kappa shape index (κ1) is 13.9. The summed E-state index contributed by atoms with van der Waals surface area (Å²) in [6.45, 7) is 2.82. The minimum absolute atomic E-state index is 0.0519. The van der Waals surface area contributed by atoms with Gasteiger partial charge in [0.15, 0.2) is 0 Å². The second kappa shape index (κ2) is 6.07. The Morgan fingerprint density at radius 2 is 2.17 bits per heavy atom. The van der Waals surface area contributed by atoms with Crippen LogP contribution in [-0.4, -0.2) is 18.3 Å². The molecule has 1 heterocycles. The minimum Gasteiger partial charge on any atom is -0.351 e. The van der Waals surface area contributed by atoms with Gasteiger partial charge in [-0.1, -0.05) is 19.8 Å². The Bertz CT molecular complexity index is 410. The fourth-order valence-corrected chi connectivity index (χ4v) is 3.75. The maximum Gasteiger partial charge on any atom is 0.261 e. The van der Waals surface area contributed by atoms with Crippen LogP contribution < -0.4 is 5.32 Å². The highest BCUT2D eigenvalue weighted by atomic mass is 35.5. The lowest BCUT2D eigenvalue weighted by Gasteiger charge is -2.26. The molecule has 18 heavy (non-hydrogen) atoms. The zero-order chi connectivity index (χ0) is 13.0. The summed E-state index contributed by atoms with van der Waals surface area (Å²) in [5.41, 5.74) is 0.141. The van der Waals surface area contributed by atoms with E-state index >= 15 is 0 Å². The van der Waals surface area contributed by atoms with Crippen molar-refractivity contribution in [3.8, 4) is 0 Å². The number of carbonyl (C=O) groups is 1. The van der Waals surface area contributed by atoms with Gasteiger partial charge < -0.3 is 5.32 Å². The molecule has 100 valence electrons. The van der Waals surface area contributed by atoms with Gasteiger partial charge in [0.25, 0.3) is 5.91 Å². The van der Waals surface area contributed by atoms with Gasteiger partial charge in [-0.05, 0) is 31.4 Å². The van der Waals surface area contributed by atoms with Gasteiger partial charge in [-0.2, -0.15) is 0 Å². The molecule has 1 aromatic rings. The van der Waals surface area contributed by atoms with Crippen molar-refractivity contribution in [1.82, 2.24) is 5.32 Å². The fourth-order valence-electron chi connectivity index (χ4n) is 2.53. The molecule has 0 saturated heterocycles. The lowest BCUT2D eigenvalue weighted by atomic mass is 9.88. The third-order valence-electron chi connectivity index (χ3n) is 3.81. The molecule has 1 aliphatic rings. The highest BCUT2D eigenvalue weighted by Gasteiger charge is 2.33. The molecule has 0 atom stereocenters. The summed E-state index contributed by atoms with van der Waals surface area (Å²) in [5.74, 6) is 0.703. The predicted octanol–water partition coefficient (Wildman–Crippen LogP) is 3.84. The number of aryl methyl sites for hydroxylation is 1. The standard InChI is InChI=1S/C14H20ClNOS/c1-2-11-5-6-12(18-11)13(17)16-10-14(9-15)7-3-4-8-14/h5-6H,2-4,7-10H2,1H3,(H,16,17). The Morgan fingerprint density at radius 1 is 1.44 bits per heavy atom. The average molecular weight is 286 g/mol. The van der Waals surface area contributed by atoms with Gasteiger partial charge in [0.05, 0.1) is 4.88 Å². The van der Waals surface area contributed by atoms with Gasteiger partial charge in [0.2, 0.25) is 0 Å². The van der Waals surface area contributed by atoms with Crippen LogP contribution in [0.5, 0.6) is 0 Å². The molecular formula is C14H20ClNOS. The quantitative estimate of drug-likeness (QED) is 0.818. The van der Waals surface area contributed by atoms with Gasteiger partial charge in [0.1, 0.15) is 0 Å². The minimum atomic E-state index is 0.0519. The van der Waals surface area contributed by atoms with E-state index in [-0.39, 0.29) is 11.3 Å². The van der Waals surface area contributed by atoms with E-state index in [0.29, 0.717) is 12.4 Å². The summed E-state index contributed by atoms with van der Waals surface area (Å²) in [6, 6.07) is 3.95. The van der Waals surface area contributed by atoms with Crippen molar-refractivity contribution in [2.75, 3.05) is 12.4 Å². The van der Waals surface area contributed by atoms with E-state index in [1.165, 1.54) is 17.7 Å². The zero-order valence-electron chi connectivity index (χ0n) is 10.8. The SMILES string of the molecule is CCc1ccc(C(=O)NCC2(CCl)CCCC2)s1. The van der Waals surface area contributed by atoms with E-state index in [1.54, 1.807) is 11.3 Å². The van der Waals surface area contributed by atoms with E-state index < -0.39 is 0 Å². The van der Waals surface area contributed by atoms with Crippen LogP contribution in [0.25, 0.3) is 0 Å². The zero-order valence-corrected chi connectivity index (χ0v) is 12.4. The molecule has 2 rings (SSSR count). The largest absolute Gasteiger partial charge is 0.351 e. The van der Waals surface area contributed by atoms with E-state index in [4.69, 9.17) is 11.6 Å². The second-order valence-electron chi connectivity index (χ2n) is 5.14. The van der Waals surface area contributed by atoms with E-state index in [0.717, 1.165) is 24.1 Å². The fraction of sp³-hybridized carbons (Fsp3) is 0.643. The summed E-state index contributed by atoms with van der Waals surface area (Å²) >= 11 is 7.66. The smallest absolute Gasteiger partial charge is 0.261 e. The molecule has 1 aliphatic carbocycles. The van der Waals surface area contributed by atoms with Gasteiger partial charge in [0, 0.05) is 22.7 Å². The number of hydrogen-bond acceptors (Lipinski definition) is 2. The normalized spacial score (nSPS) is 17.9. The van der Waals surface area contributed by atoms with Crippen LogP contribution in [0.1, 0.15) is 47.2 Å². The predicted molar refractivity (Wildman–Crippen MR) is 77.7 cm³/mol. The summed E-state index contributed by atoms with van der Waals surface area (Å²) in [7, 11) is 0. The van der Waals surface area contributed by atoms with E-state index in [1.807, 2.05) is 12.1 Å². The number of halogens is 1. The third kappa shape index (κ3) is 3.07. The monoisotopic (exact) mass is 285 g/mol. The van der Waals surface area contributed by atoms with Gasteiger partial charge in [-0.25, -0.2) is 0 Å². The molecular weight excluding hydrogens is 266 g/mol. The molecule has 4 heteroatoms. The van der Waals surface area contributed by atoms with Crippen LogP contribution in [-0.2, 0) is 6.42 Å². The maximum atomic E-state index is 12.0. The molecule has 1 amide bonds. The Kier molecular flexibility index (Phi) is 4.68. The topological polar surface area (TPSA) is 29.1 Å². The van der Waals surface area contributed by atoms with Crippen LogP contribution in [0.3, 0.4) is 0 Å². The van der Waals surface area contributed by atoms with E-state index in [2.05, 4.69) is 12.2 Å². The van der Waals surface area contributed by atoms with Crippen molar-refractivity contribution >= 4 is 28.8 Å². The van der Waals surface area contributed by atoms with Crippen LogP contribution in [0.2, 0.25) is 0 Å². The molecule has 0 bridgehead atoms. The molecule has 1 N–H and O–H groups in total. The Hall–Kier alpha value is -0.540. The van der Waals surface area contributed by atoms with Crippen molar-refractivity contribution < 1.29 is 4.79 Å². The number of nitrogens with one attached hydrogen (secondary N) is 1. The number of hydrogen-bond donors (Lipinski definition) is 1. The van der Waals surface area contributed by atoms with Crippen LogP contribution >= 0.6 is 22.9 Å². The average Bonchev–Trinajstić information content (AvgIpc) is 3.05. The first-order valence-electron chi connectivity index (χ1n) is 6.62. The molecule has 0 radical (unpaired) electrons. The number of amides is 1.